The molecule has 1 amide bonds. The number of amides is 1. The van der Waals surface area contributed by atoms with Crippen LogP contribution in [-0.4, -0.2) is 69.5 Å². The fourth-order valence-electron chi connectivity index (χ4n) is 6.27. The highest BCUT2D eigenvalue weighted by molar-refractivity contribution is 6.06. The third-order valence-corrected chi connectivity index (χ3v) is 8.60. The molecule has 1 aliphatic rings. The summed E-state index contributed by atoms with van der Waals surface area (Å²) in [6, 6.07) is 16.0. The van der Waals surface area contributed by atoms with E-state index in [-0.39, 0.29) is 18.3 Å². The Morgan fingerprint density at radius 2 is 1.75 bits per heavy atom. The molecule has 1 fully saturated rings. The van der Waals surface area contributed by atoms with E-state index in [4.69, 9.17) is 15.5 Å². The number of aryl methyl sites for hydroxylation is 2. The molecule has 234 valence electrons. The molecule has 0 spiro atoms. The van der Waals surface area contributed by atoms with E-state index in [0.29, 0.717) is 25.5 Å². The number of pyridine rings is 1. The molecule has 4 aromatic rings. The average Bonchev–Trinajstić information content (AvgIpc) is 3.19. The van der Waals surface area contributed by atoms with Gasteiger partial charge in [0.2, 0.25) is 5.91 Å². The molecule has 0 aliphatic carbocycles. The predicted molar refractivity (Wildman–Crippen MR) is 175 cm³/mol. The Morgan fingerprint density at radius 1 is 0.977 bits per heavy atom. The van der Waals surface area contributed by atoms with Gasteiger partial charge in [-0.15, -0.1) is 0 Å². The van der Waals surface area contributed by atoms with Crippen molar-refractivity contribution in [2.45, 2.75) is 77.8 Å². The largest absolute Gasteiger partial charge is 0.469 e. The van der Waals surface area contributed by atoms with Gasteiger partial charge in [0.15, 0.2) is 5.82 Å². The predicted octanol–water partition coefficient (Wildman–Crippen LogP) is 5.52. The summed E-state index contributed by atoms with van der Waals surface area (Å²) in [4.78, 5) is 39.6. The lowest BCUT2D eigenvalue weighted by Gasteiger charge is -2.27. The van der Waals surface area contributed by atoms with Gasteiger partial charge in [0.25, 0.3) is 0 Å². The molecule has 0 unspecified atom stereocenters. The second-order valence-corrected chi connectivity index (χ2v) is 11.9. The Kier molecular flexibility index (Phi) is 10.8. The number of unbranched alkanes of at least 4 members (excludes halogenated alkanes) is 1. The van der Waals surface area contributed by atoms with Crippen molar-refractivity contribution in [3.8, 4) is 0 Å². The summed E-state index contributed by atoms with van der Waals surface area (Å²) in [7, 11) is 1.40. The van der Waals surface area contributed by atoms with Crippen molar-refractivity contribution in [2.75, 3.05) is 39.0 Å². The molecular formula is C35H46N6O3. The first-order valence-corrected chi connectivity index (χ1v) is 16.1. The lowest BCUT2D eigenvalue weighted by Crippen LogP contribution is -2.41. The number of nitrogen functional groups attached to an aromatic ring is 1. The van der Waals surface area contributed by atoms with Crippen LogP contribution in [0, 0.1) is 0 Å². The Bertz CT molecular complexity index is 1570. The first-order chi connectivity index (χ1) is 21.5. The van der Waals surface area contributed by atoms with Crippen molar-refractivity contribution in [1.29, 1.82) is 0 Å². The minimum absolute atomic E-state index is 0.144. The number of imidazole rings is 1. The fraction of sp³-hybridized carbons (Fsp3) is 0.486. The summed E-state index contributed by atoms with van der Waals surface area (Å²) >= 11 is 0. The summed E-state index contributed by atoms with van der Waals surface area (Å²) in [5.74, 6) is 1.35. The molecule has 0 bridgehead atoms. The molecule has 2 aromatic heterocycles. The molecule has 0 radical (unpaired) electrons. The summed E-state index contributed by atoms with van der Waals surface area (Å²) in [6.07, 6.45) is 8.71. The van der Waals surface area contributed by atoms with Crippen LogP contribution in [0.2, 0.25) is 0 Å². The summed E-state index contributed by atoms with van der Waals surface area (Å²) in [5.41, 5.74) is 11.0. The third-order valence-electron chi connectivity index (χ3n) is 8.60. The van der Waals surface area contributed by atoms with Crippen molar-refractivity contribution in [3.05, 3.63) is 65.5 Å². The van der Waals surface area contributed by atoms with E-state index in [1.807, 2.05) is 47.4 Å². The highest BCUT2D eigenvalue weighted by Crippen LogP contribution is 2.29. The van der Waals surface area contributed by atoms with Crippen LogP contribution in [0.1, 0.15) is 68.8 Å². The number of anilines is 1. The van der Waals surface area contributed by atoms with Crippen LogP contribution < -0.4 is 5.73 Å². The minimum Gasteiger partial charge on any atom is -0.469 e. The Balaban J connectivity index is 1.39. The number of hydrogen-bond acceptors (Lipinski definition) is 7. The van der Waals surface area contributed by atoms with Gasteiger partial charge in [0.05, 0.1) is 31.1 Å². The van der Waals surface area contributed by atoms with E-state index in [2.05, 4.69) is 27.4 Å². The zero-order chi connectivity index (χ0) is 30.9. The lowest BCUT2D eigenvalue weighted by molar-refractivity contribution is -0.139. The van der Waals surface area contributed by atoms with Crippen LogP contribution in [0.5, 0.6) is 0 Å². The fourth-order valence-corrected chi connectivity index (χ4v) is 6.27. The maximum absolute atomic E-state index is 13.8. The standard InChI is InChI=1S/C35H46N6O3/c1-3-4-17-30-38-33-34(28-15-7-8-16-29(28)37-35(33)36)41(30)21-12-20-40(31(42)25-39-18-9-5-6-10-19-39)24-27-14-11-13-26(22-27)23-32(43)44-2/h7-8,11,13-16,22H,3-6,9-10,12,17-21,23-25H2,1-2H3,(H2,36,37). The number of carbonyl (C=O) groups is 2. The molecule has 2 aromatic carbocycles. The second-order valence-electron chi connectivity index (χ2n) is 11.9. The van der Waals surface area contributed by atoms with E-state index >= 15 is 0 Å². The zero-order valence-corrected chi connectivity index (χ0v) is 26.3. The highest BCUT2D eigenvalue weighted by atomic mass is 16.5. The summed E-state index contributed by atoms with van der Waals surface area (Å²) < 4.78 is 7.17. The monoisotopic (exact) mass is 598 g/mol. The van der Waals surface area contributed by atoms with Crippen molar-refractivity contribution < 1.29 is 14.3 Å². The number of hydrogen-bond donors (Lipinski definition) is 1. The van der Waals surface area contributed by atoms with Crippen LogP contribution in [0.15, 0.2) is 48.5 Å². The molecule has 1 aliphatic heterocycles. The molecule has 2 N–H and O–H groups in total. The molecular weight excluding hydrogens is 552 g/mol. The van der Waals surface area contributed by atoms with Gasteiger partial charge in [0.1, 0.15) is 11.3 Å². The molecule has 1 saturated heterocycles. The maximum atomic E-state index is 13.8. The van der Waals surface area contributed by atoms with Gasteiger partial charge in [-0.3, -0.25) is 14.5 Å². The van der Waals surface area contributed by atoms with E-state index in [9.17, 15) is 9.59 Å². The van der Waals surface area contributed by atoms with E-state index < -0.39 is 0 Å². The second kappa shape index (κ2) is 15.1. The normalized spacial score (nSPS) is 14.1. The molecule has 44 heavy (non-hydrogen) atoms. The van der Waals surface area contributed by atoms with Gasteiger partial charge in [-0.1, -0.05) is 68.7 Å². The molecule has 9 nitrogen and oxygen atoms in total. The third kappa shape index (κ3) is 7.75. The van der Waals surface area contributed by atoms with Gasteiger partial charge in [-0.25, -0.2) is 9.97 Å². The van der Waals surface area contributed by atoms with Crippen LogP contribution in [0.4, 0.5) is 5.82 Å². The van der Waals surface area contributed by atoms with Gasteiger partial charge in [0, 0.05) is 31.4 Å². The summed E-state index contributed by atoms with van der Waals surface area (Å²) in [6.45, 7) is 6.39. The number of nitrogens with zero attached hydrogens (tertiary/aromatic N) is 5. The average molecular weight is 599 g/mol. The SMILES string of the molecule is CCCCc1nc2c(N)nc3ccccc3c2n1CCCN(Cc1cccc(CC(=O)OC)c1)C(=O)CN1CCCCCC1. The lowest BCUT2D eigenvalue weighted by atomic mass is 10.1. The van der Waals surface area contributed by atoms with Crippen molar-refractivity contribution in [3.63, 3.8) is 0 Å². The number of benzene rings is 2. The Morgan fingerprint density at radius 3 is 2.52 bits per heavy atom. The van der Waals surface area contributed by atoms with Crippen LogP contribution in [0.25, 0.3) is 21.9 Å². The molecule has 3 heterocycles. The molecule has 9 heteroatoms. The first-order valence-electron chi connectivity index (χ1n) is 16.1. The van der Waals surface area contributed by atoms with Gasteiger partial charge >= 0.3 is 5.97 Å². The van der Waals surface area contributed by atoms with E-state index in [1.165, 1.54) is 20.0 Å². The number of rotatable bonds is 13. The molecule has 5 rings (SSSR count). The quantitative estimate of drug-likeness (QED) is 0.202. The Hall–Kier alpha value is -3.98. The highest BCUT2D eigenvalue weighted by Gasteiger charge is 2.21. The van der Waals surface area contributed by atoms with Crippen LogP contribution >= 0.6 is 0 Å². The summed E-state index contributed by atoms with van der Waals surface area (Å²) in [5, 5.41) is 1.04. The van der Waals surface area contributed by atoms with Gasteiger partial charge < -0.3 is 19.9 Å². The van der Waals surface area contributed by atoms with Crippen LogP contribution in [-0.2, 0) is 40.3 Å². The molecule has 0 atom stereocenters. The molecule has 0 saturated carbocycles. The number of esters is 1. The van der Waals surface area contributed by atoms with Gasteiger partial charge in [-0.2, -0.15) is 0 Å². The number of carbonyl (C=O) groups excluding carboxylic acids is 2. The zero-order valence-electron chi connectivity index (χ0n) is 26.3. The number of aromatic nitrogens is 3. The number of ether oxygens (including phenoxy) is 1. The van der Waals surface area contributed by atoms with Crippen molar-refractivity contribution >= 4 is 39.6 Å². The topological polar surface area (TPSA) is 107 Å². The van der Waals surface area contributed by atoms with E-state index in [0.717, 1.165) is 97.0 Å². The number of para-hydroxylation sites is 1. The number of likely N-dealkylation sites (tertiary alicyclic amines) is 1. The van der Waals surface area contributed by atoms with Crippen molar-refractivity contribution in [1.82, 2.24) is 24.3 Å². The Labute approximate surface area is 260 Å². The number of fused-ring (bicyclic) bond motifs is 3. The number of methoxy groups -OCH3 is 1. The minimum atomic E-state index is -0.272. The van der Waals surface area contributed by atoms with E-state index in [1.54, 1.807) is 0 Å². The maximum Gasteiger partial charge on any atom is 0.309 e. The number of nitrogens with two attached hydrogens (primary N) is 1. The first kappa shape index (κ1) is 31.4. The smallest absolute Gasteiger partial charge is 0.309 e. The van der Waals surface area contributed by atoms with Gasteiger partial charge in [-0.05, 0) is 56.0 Å². The van der Waals surface area contributed by atoms with Crippen LogP contribution in [0.3, 0.4) is 0 Å². The van der Waals surface area contributed by atoms with Crippen molar-refractivity contribution in [2.24, 2.45) is 0 Å².